The fraction of sp³-hybridized carbons (Fsp3) is 0.909. The molecule has 2 aliphatic heterocycles. The molecule has 2 aliphatic rings. The summed E-state index contributed by atoms with van der Waals surface area (Å²) in [7, 11) is 0. The Balaban J connectivity index is 2.26. The number of carboxylic acid groups (broad SMARTS) is 1. The van der Waals surface area contributed by atoms with Gasteiger partial charge in [-0.25, -0.2) is 4.79 Å². The van der Waals surface area contributed by atoms with Crippen LogP contribution in [0.5, 0.6) is 0 Å². The number of aliphatic carboxylic acids is 1. The normalized spacial score (nSPS) is 43.2. The van der Waals surface area contributed by atoms with Crippen molar-refractivity contribution >= 4 is 29.2 Å². The number of hydrogen-bond donors (Lipinski definition) is 3. The van der Waals surface area contributed by atoms with E-state index in [4.69, 9.17) is 42.1 Å². The first-order valence-corrected chi connectivity index (χ1v) is 7.01. The fourth-order valence-corrected chi connectivity index (χ4v) is 2.54. The lowest BCUT2D eigenvalue weighted by molar-refractivity contribution is -0.286. The number of carbonyl (C=O) groups is 1. The van der Waals surface area contributed by atoms with Crippen LogP contribution >= 0.6 is 23.2 Å². The summed E-state index contributed by atoms with van der Waals surface area (Å²) < 4.78 is 20.8. The minimum atomic E-state index is -2.68. The average Bonchev–Trinajstić information content (AvgIpc) is 2.61. The minimum absolute atomic E-state index is 0.207. The minimum Gasteiger partial charge on any atom is -0.477 e. The molecule has 1 unspecified atom stereocenters. The van der Waals surface area contributed by atoms with Gasteiger partial charge in [0.25, 0.3) is 5.79 Å². The Morgan fingerprint density at radius 1 is 1.38 bits per heavy atom. The second kappa shape index (κ2) is 5.78. The molecule has 0 radical (unpaired) electrons. The Morgan fingerprint density at radius 2 is 2.00 bits per heavy atom. The summed E-state index contributed by atoms with van der Waals surface area (Å²) in [5, 5.41) is 29.3. The van der Waals surface area contributed by atoms with Gasteiger partial charge < -0.3 is 34.3 Å². The van der Waals surface area contributed by atoms with Gasteiger partial charge >= 0.3 is 5.97 Å². The van der Waals surface area contributed by atoms with Crippen molar-refractivity contribution in [2.75, 3.05) is 6.61 Å². The molecule has 0 aromatic heterocycles. The van der Waals surface area contributed by atoms with Crippen LogP contribution in [0, 0.1) is 0 Å². The molecule has 0 amide bonds. The summed E-state index contributed by atoms with van der Waals surface area (Å²) in [5.41, 5.74) is 0. The third kappa shape index (κ3) is 3.27. The molecule has 2 fully saturated rings. The monoisotopic (exact) mass is 346 g/mol. The molecular weight excluding hydrogens is 331 g/mol. The highest BCUT2D eigenvalue weighted by Crippen LogP contribution is 2.40. The molecule has 5 atom stereocenters. The Kier molecular flexibility index (Phi) is 4.73. The van der Waals surface area contributed by atoms with E-state index in [-0.39, 0.29) is 6.61 Å². The van der Waals surface area contributed by atoms with Gasteiger partial charge in [-0.15, -0.1) is 0 Å². The molecule has 0 aromatic rings. The van der Waals surface area contributed by atoms with Gasteiger partial charge in [0.1, 0.15) is 12.2 Å². The molecule has 8 nitrogen and oxygen atoms in total. The standard InChI is InChI=1S/C11H16Cl2O8/c1-10(2)20-6(11(17,21-10)9(15)16)5-4(14)3-18-8(19-5)7(12)13/h4-8,14,17H,3H2,1-2H3,(H,15,16)/t4-,5+,6-,8?,11-/m0/s1. The van der Waals surface area contributed by atoms with Crippen LogP contribution in [-0.2, 0) is 23.7 Å². The van der Waals surface area contributed by atoms with Crippen molar-refractivity contribution in [3.8, 4) is 0 Å². The van der Waals surface area contributed by atoms with Crippen molar-refractivity contribution in [2.24, 2.45) is 0 Å². The van der Waals surface area contributed by atoms with Crippen molar-refractivity contribution < 1.29 is 39.1 Å². The summed E-state index contributed by atoms with van der Waals surface area (Å²) >= 11 is 11.3. The molecular formula is C11H16Cl2O8. The van der Waals surface area contributed by atoms with Gasteiger partial charge in [-0.05, 0) is 13.8 Å². The van der Waals surface area contributed by atoms with Gasteiger partial charge in [0.15, 0.2) is 23.0 Å². The zero-order valence-corrected chi connectivity index (χ0v) is 12.7. The van der Waals surface area contributed by atoms with Gasteiger partial charge in [-0.2, -0.15) is 0 Å². The number of rotatable bonds is 3. The second-order valence-electron chi connectivity index (χ2n) is 5.25. The first kappa shape index (κ1) is 17.2. The van der Waals surface area contributed by atoms with E-state index in [0.29, 0.717) is 0 Å². The fourth-order valence-electron chi connectivity index (χ4n) is 2.28. The summed E-state index contributed by atoms with van der Waals surface area (Å²) in [6.45, 7) is 2.65. The largest absolute Gasteiger partial charge is 0.477 e. The first-order valence-electron chi connectivity index (χ1n) is 6.14. The molecule has 0 aromatic carbocycles. The van der Waals surface area contributed by atoms with Gasteiger partial charge in [-0.1, -0.05) is 23.2 Å². The maximum absolute atomic E-state index is 11.3. The first-order chi connectivity index (χ1) is 9.57. The van der Waals surface area contributed by atoms with E-state index in [1.54, 1.807) is 0 Å². The molecule has 10 heteroatoms. The van der Waals surface area contributed by atoms with E-state index in [2.05, 4.69) is 0 Å². The van der Waals surface area contributed by atoms with E-state index in [9.17, 15) is 20.1 Å². The lowest BCUT2D eigenvalue weighted by Crippen LogP contribution is -2.60. The van der Waals surface area contributed by atoms with Crippen LogP contribution in [0.4, 0.5) is 0 Å². The smallest absolute Gasteiger partial charge is 0.367 e. The predicted molar refractivity (Wildman–Crippen MR) is 68.7 cm³/mol. The Labute approximate surface area is 130 Å². The van der Waals surface area contributed by atoms with Crippen molar-refractivity contribution in [3.63, 3.8) is 0 Å². The Hall–Kier alpha value is -0.190. The van der Waals surface area contributed by atoms with E-state index in [1.807, 2.05) is 0 Å². The summed E-state index contributed by atoms with van der Waals surface area (Å²) in [4.78, 5) is 10.2. The number of hydrogen-bond acceptors (Lipinski definition) is 7. The zero-order valence-electron chi connectivity index (χ0n) is 11.2. The zero-order chi connectivity index (χ0) is 16.0. The number of ether oxygens (including phenoxy) is 4. The second-order valence-corrected chi connectivity index (χ2v) is 6.41. The number of aliphatic hydroxyl groups is 2. The molecule has 2 saturated heterocycles. The SMILES string of the molecule is CC1(C)O[C@@H]([C@@H]2OC(C(Cl)Cl)OC[C@@H]2O)[C@@](O)(C(=O)O)O1. The lowest BCUT2D eigenvalue weighted by Gasteiger charge is -2.38. The number of carboxylic acids is 1. The topological polar surface area (TPSA) is 115 Å². The van der Waals surface area contributed by atoms with Gasteiger partial charge in [0, 0.05) is 0 Å². The Bertz CT molecular complexity index is 417. The highest BCUT2D eigenvalue weighted by molar-refractivity contribution is 6.44. The van der Waals surface area contributed by atoms with Crippen molar-refractivity contribution in [3.05, 3.63) is 0 Å². The highest BCUT2D eigenvalue weighted by Gasteiger charge is 2.63. The van der Waals surface area contributed by atoms with Crippen LogP contribution in [-0.4, -0.2) is 68.9 Å². The van der Waals surface area contributed by atoms with Crippen molar-refractivity contribution in [2.45, 2.75) is 54.9 Å². The summed E-state index contributed by atoms with van der Waals surface area (Å²) in [6, 6.07) is 0. The lowest BCUT2D eigenvalue weighted by atomic mass is 9.99. The van der Waals surface area contributed by atoms with E-state index in [0.717, 1.165) is 0 Å². The van der Waals surface area contributed by atoms with Crippen LogP contribution in [0.15, 0.2) is 0 Å². The molecule has 0 aliphatic carbocycles. The molecule has 0 spiro atoms. The third-order valence-electron chi connectivity index (χ3n) is 3.11. The van der Waals surface area contributed by atoms with E-state index >= 15 is 0 Å². The van der Waals surface area contributed by atoms with Crippen molar-refractivity contribution in [1.29, 1.82) is 0 Å². The number of halogens is 2. The third-order valence-corrected chi connectivity index (χ3v) is 3.52. The molecule has 21 heavy (non-hydrogen) atoms. The Morgan fingerprint density at radius 3 is 2.52 bits per heavy atom. The highest BCUT2D eigenvalue weighted by atomic mass is 35.5. The summed E-state index contributed by atoms with van der Waals surface area (Å²) in [5.74, 6) is -5.72. The molecule has 0 saturated carbocycles. The van der Waals surface area contributed by atoms with Crippen molar-refractivity contribution in [1.82, 2.24) is 0 Å². The molecule has 122 valence electrons. The maximum atomic E-state index is 11.3. The molecule has 2 heterocycles. The summed E-state index contributed by atoms with van der Waals surface area (Å²) in [6.07, 6.45) is -5.07. The van der Waals surface area contributed by atoms with Crippen LogP contribution < -0.4 is 0 Å². The van der Waals surface area contributed by atoms with Crippen LogP contribution in [0.25, 0.3) is 0 Å². The average molecular weight is 347 g/mol. The van der Waals surface area contributed by atoms with Crippen LogP contribution in [0.2, 0.25) is 0 Å². The maximum Gasteiger partial charge on any atom is 0.367 e. The van der Waals surface area contributed by atoms with Crippen LogP contribution in [0.3, 0.4) is 0 Å². The van der Waals surface area contributed by atoms with Gasteiger partial charge in [0.2, 0.25) is 0 Å². The molecule has 3 N–H and O–H groups in total. The molecule has 0 bridgehead atoms. The van der Waals surface area contributed by atoms with E-state index in [1.165, 1.54) is 13.8 Å². The van der Waals surface area contributed by atoms with E-state index < -0.39 is 47.0 Å². The van der Waals surface area contributed by atoms with Gasteiger partial charge in [-0.3, -0.25) is 0 Å². The number of alkyl halides is 2. The number of aliphatic hydroxyl groups excluding tert-OH is 1. The molecule has 2 rings (SSSR count). The van der Waals surface area contributed by atoms with Crippen LogP contribution in [0.1, 0.15) is 13.8 Å². The quantitative estimate of drug-likeness (QED) is 0.603. The van der Waals surface area contributed by atoms with Gasteiger partial charge in [0.05, 0.1) is 6.61 Å². The predicted octanol–water partition coefficient (Wildman–Crippen LogP) is -0.183.